The van der Waals surface area contributed by atoms with Gasteiger partial charge in [0.25, 0.3) is 0 Å². The minimum absolute atomic E-state index is 0.180. The van der Waals surface area contributed by atoms with E-state index in [0.717, 1.165) is 4.47 Å². The number of nitrogens with zero attached hydrogens (tertiary/aromatic N) is 2. The smallest absolute Gasteiger partial charge is 0.243 e. The lowest BCUT2D eigenvalue weighted by atomic mass is 10.2. The summed E-state index contributed by atoms with van der Waals surface area (Å²) in [5.41, 5.74) is 0.552. The molecule has 132 valence electrons. The van der Waals surface area contributed by atoms with E-state index in [2.05, 4.69) is 26.2 Å². The maximum atomic E-state index is 12.6. The van der Waals surface area contributed by atoms with Crippen molar-refractivity contribution in [2.45, 2.75) is 17.9 Å². The topological polar surface area (TPSA) is 88.6 Å². The van der Waals surface area contributed by atoms with Crippen molar-refractivity contribution in [3.8, 4) is 5.88 Å². The molecule has 25 heavy (non-hydrogen) atoms. The molecule has 2 heterocycles. The monoisotopic (exact) mass is 425 g/mol. The number of anilines is 1. The van der Waals surface area contributed by atoms with Crippen LogP contribution in [0.25, 0.3) is 0 Å². The molecule has 0 atom stereocenters. The summed E-state index contributed by atoms with van der Waals surface area (Å²) in [4.78, 5) is 15.3. The maximum absolute atomic E-state index is 12.6. The van der Waals surface area contributed by atoms with Crippen molar-refractivity contribution in [2.75, 3.05) is 18.4 Å². The van der Waals surface area contributed by atoms with Crippen molar-refractivity contribution < 1.29 is 17.9 Å². The number of hydrogen-bond acceptors (Lipinski definition) is 5. The molecule has 1 aromatic carbocycles. The van der Waals surface area contributed by atoms with Crippen LogP contribution in [-0.2, 0) is 14.8 Å². The summed E-state index contributed by atoms with van der Waals surface area (Å²) in [6.07, 6.45) is 1.38. The number of aromatic nitrogens is 1. The Bertz CT molecular complexity index is 881. The van der Waals surface area contributed by atoms with Crippen LogP contribution in [0.15, 0.2) is 52.0 Å². The third kappa shape index (κ3) is 4.00. The van der Waals surface area contributed by atoms with Gasteiger partial charge in [-0.2, -0.15) is 4.31 Å². The van der Waals surface area contributed by atoms with Crippen LogP contribution in [0.4, 0.5) is 5.69 Å². The van der Waals surface area contributed by atoms with Crippen LogP contribution in [0.1, 0.15) is 6.92 Å². The molecular formula is C16H16BrN3O4S. The zero-order chi connectivity index (χ0) is 18.0. The van der Waals surface area contributed by atoms with Crippen LogP contribution in [0.2, 0.25) is 0 Å². The van der Waals surface area contributed by atoms with Crippen molar-refractivity contribution in [3.05, 3.63) is 47.1 Å². The summed E-state index contributed by atoms with van der Waals surface area (Å²) >= 11 is 3.34. The first kappa shape index (κ1) is 17.8. The van der Waals surface area contributed by atoms with Gasteiger partial charge in [0.15, 0.2) is 0 Å². The summed E-state index contributed by atoms with van der Waals surface area (Å²) in [6.45, 7) is 1.92. The minimum Gasteiger partial charge on any atom is -0.471 e. The number of amides is 1. The Morgan fingerprint density at radius 1 is 1.28 bits per heavy atom. The summed E-state index contributed by atoms with van der Waals surface area (Å²) in [5, 5.41) is 2.60. The Balaban J connectivity index is 1.63. The molecule has 1 amide bonds. The normalized spacial score (nSPS) is 15.4. The number of carbonyl (C=O) groups excluding carboxylic acids is 1. The number of rotatable bonds is 5. The van der Waals surface area contributed by atoms with Crippen molar-refractivity contribution >= 4 is 37.5 Å². The molecule has 1 N–H and O–H groups in total. The van der Waals surface area contributed by atoms with E-state index in [4.69, 9.17) is 4.74 Å². The maximum Gasteiger partial charge on any atom is 0.243 e. The number of benzene rings is 1. The summed E-state index contributed by atoms with van der Waals surface area (Å²) < 4.78 is 32.9. The molecule has 1 saturated heterocycles. The highest BCUT2D eigenvalue weighted by atomic mass is 79.9. The highest BCUT2D eigenvalue weighted by Crippen LogP contribution is 2.27. The highest BCUT2D eigenvalue weighted by molar-refractivity contribution is 9.10. The largest absolute Gasteiger partial charge is 0.471 e. The number of sulfonamides is 1. The average molecular weight is 426 g/mol. The Morgan fingerprint density at radius 2 is 1.96 bits per heavy atom. The first-order valence-electron chi connectivity index (χ1n) is 7.51. The average Bonchev–Trinajstić information content (AvgIpc) is 2.51. The standard InChI is InChI=1S/C16H16BrN3O4S/c1-11(21)19-12-4-6-14(7-5-12)25(22,23)20-9-13(10-20)24-16-15(17)3-2-8-18-16/h2-8,13H,9-10H2,1H3,(H,19,21). The van der Waals surface area contributed by atoms with E-state index in [0.29, 0.717) is 11.6 Å². The van der Waals surface area contributed by atoms with E-state index in [1.807, 2.05) is 6.07 Å². The number of carbonyl (C=O) groups is 1. The molecule has 0 spiro atoms. The zero-order valence-corrected chi connectivity index (χ0v) is 15.7. The van der Waals surface area contributed by atoms with Crippen LogP contribution in [-0.4, -0.2) is 42.8 Å². The van der Waals surface area contributed by atoms with Crippen molar-refractivity contribution in [2.24, 2.45) is 0 Å². The summed E-state index contributed by atoms with van der Waals surface area (Å²) in [6, 6.07) is 9.67. The molecule has 1 aromatic heterocycles. The fourth-order valence-corrected chi connectivity index (χ4v) is 4.20. The molecule has 0 radical (unpaired) electrons. The molecular weight excluding hydrogens is 410 g/mol. The van der Waals surface area contributed by atoms with Gasteiger partial charge in [-0.1, -0.05) is 0 Å². The van der Waals surface area contributed by atoms with Gasteiger partial charge in [0.2, 0.25) is 21.8 Å². The van der Waals surface area contributed by atoms with E-state index in [-0.39, 0.29) is 30.0 Å². The van der Waals surface area contributed by atoms with Crippen LogP contribution in [0.5, 0.6) is 5.88 Å². The van der Waals surface area contributed by atoms with Gasteiger partial charge in [0.05, 0.1) is 22.5 Å². The van der Waals surface area contributed by atoms with Gasteiger partial charge >= 0.3 is 0 Å². The first-order valence-corrected chi connectivity index (χ1v) is 9.74. The van der Waals surface area contributed by atoms with Gasteiger partial charge in [0.1, 0.15) is 6.10 Å². The molecule has 1 fully saturated rings. The lowest BCUT2D eigenvalue weighted by Gasteiger charge is -2.37. The Kier molecular flexibility index (Phi) is 5.07. The van der Waals surface area contributed by atoms with E-state index in [1.165, 1.54) is 23.4 Å². The quantitative estimate of drug-likeness (QED) is 0.793. The molecule has 9 heteroatoms. The van der Waals surface area contributed by atoms with Gasteiger partial charge in [-0.3, -0.25) is 4.79 Å². The second-order valence-electron chi connectivity index (χ2n) is 5.56. The van der Waals surface area contributed by atoms with Crippen LogP contribution in [0, 0.1) is 0 Å². The Hall–Kier alpha value is -1.97. The van der Waals surface area contributed by atoms with Gasteiger partial charge in [-0.15, -0.1) is 0 Å². The number of nitrogens with one attached hydrogen (secondary N) is 1. The number of ether oxygens (including phenoxy) is 1. The van der Waals surface area contributed by atoms with Gasteiger partial charge in [-0.25, -0.2) is 13.4 Å². The highest BCUT2D eigenvalue weighted by Gasteiger charge is 2.38. The van der Waals surface area contributed by atoms with Crippen molar-refractivity contribution in [1.29, 1.82) is 0 Å². The zero-order valence-electron chi connectivity index (χ0n) is 13.3. The SMILES string of the molecule is CC(=O)Nc1ccc(S(=O)(=O)N2CC(Oc3ncccc3Br)C2)cc1. The second-order valence-corrected chi connectivity index (χ2v) is 8.35. The summed E-state index contributed by atoms with van der Waals surface area (Å²) in [7, 11) is -3.57. The number of halogens is 1. The first-order chi connectivity index (χ1) is 11.9. The predicted octanol–water partition coefficient (Wildman–Crippen LogP) is 2.25. The lowest BCUT2D eigenvalue weighted by Crippen LogP contribution is -2.56. The van der Waals surface area contributed by atoms with Gasteiger partial charge in [-0.05, 0) is 52.3 Å². The minimum atomic E-state index is -3.57. The van der Waals surface area contributed by atoms with Crippen LogP contribution >= 0.6 is 15.9 Å². The van der Waals surface area contributed by atoms with Crippen LogP contribution < -0.4 is 10.1 Å². The van der Waals surface area contributed by atoms with E-state index >= 15 is 0 Å². The molecule has 0 bridgehead atoms. The molecule has 1 aliphatic heterocycles. The lowest BCUT2D eigenvalue weighted by molar-refractivity contribution is -0.114. The molecule has 1 aliphatic rings. The third-order valence-electron chi connectivity index (χ3n) is 3.63. The summed E-state index contributed by atoms with van der Waals surface area (Å²) in [5.74, 6) is 0.239. The van der Waals surface area contributed by atoms with E-state index in [9.17, 15) is 13.2 Å². The molecule has 2 aromatic rings. The van der Waals surface area contributed by atoms with Crippen molar-refractivity contribution in [3.63, 3.8) is 0 Å². The Morgan fingerprint density at radius 3 is 2.56 bits per heavy atom. The van der Waals surface area contributed by atoms with Gasteiger partial charge in [0, 0.05) is 18.8 Å². The predicted molar refractivity (Wildman–Crippen MR) is 95.9 cm³/mol. The van der Waals surface area contributed by atoms with Crippen molar-refractivity contribution in [1.82, 2.24) is 9.29 Å². The second kappa shape index (κ2) is 7.11. The fourth-order valence-electron chi connectivity index (χ4n) is 2.35. The third-order valence-corrected chi connectivity index (χ3v) is 6.08. The number of hydrogen-bond donors (Lipinski definition) is 1. The molecule has 3 rings (SSSR count). The van der Waals surface area contributed by atoms with Crippen LogP contribution in [0.3, 0.4) is 0 Å². The fraction of sp³-hybridized carbons (Fsp3) is 0.250. The number of pyridine rings is 1. The molecule has 0 unspecified atom stereocenters. The molecule has 0 saturated carbocycles. The molecule has 0 aliphatic carbocycles. The Labute approximate surface area is 154 Å². The van der Waals surface area contributed by atoms with E-state index < -0.39 is 10.0 Å². The molecule has 7 nitrogen and oxygen atoms in total. The van der Waals surface area contributed by atoms with Gasteiger partial charge < -0.3 is 10.1 Å². The van der Waals surface area contributed by atoms with E-state index in [1.54, 1.807) is 24.4 Å².